The highest BCUT2D eigenvalue weighted by molar-refractivity contribution is 6.30. The Morgan fingerprint density at radius 2 is 2.04 bits per heavy atom. The quantitative estimate of drug-likeness (QED) is 0.760. The molecule has 2 atom stereocenters. The van der Waals surface area contributed by atoms with E-state index in [1.54, 1.807) is 36.4 Å². The summed E-state index contributed by atoms with van der Waals surface area (Å²) in [7, 11) is 1.50. The number of piperidine rings is 1. The van der Waals surface area contributed by atoms with Crippen LogP contribution in [0.3, 0.4) is 0 Å². The van der Waals surface area contributed by atoms with Crippen LogP contribution in [0.4, 0.5) is 14.9 Å². The van der Waals surface area contributed by atoms with Crippen molar-refractivity contribution in [2.45, 2.75) is 18.4 Å². The number of nitrogens with one attached hydrogen (secondary N) is 3. The molecule has 2 aromatic carbocycles. The summed E-state index contributed by atoms with van der Waals surface area (Å²) in [5, 5.41) is 9.56. The molecule has 2 amide bonds. The molecule has 3 N–H and O–H groups in total. The van der Waals surface area contributed by atoms with E-state index in [2.05, 4.69) is 16.0 Å². The highest BCUT2D eigenvalue weighted by atomic mass is 35.5. The third-order valence-electron chi connectivity index (χ3n) is 4.51. The first-order valence-electron chi connectivity index (χ1n) is 8.44. The lowest BCUT2D eigenvalue weighted by Crippen LogP contribution is -2.51. The van der Waals surface area contributed by atoms with Gasteiger partial charge in [-0.2, -0.15) is 0 Å². The number of carbonyl (C=O) groups is 1. The average molecular weight is 378 g/mol. The molecule has 138 valence electrons. The van der Waals surface area contributed by atoms with Gasteiger partial charge in [0.25, 0.3) is 0 Å². The topological polar surface area (TPSA) is 62.4 Å². The van der Waals surface area contributed by atoms with Gasteiger partial charge in [0, 0.05) is 29.2 Å². The van der Waals surface area contributed by atoms with Gasteiger partial charge in [0.1, 0.15) is 11.6 Å². The van der Waals surface area contributed by atoms with Crippen LogP contribution in [0.25, 0.3) is 0 Å². The molecule has 7 heteroatoms. The summed E-state index contributed by atoms with van der Waals surface area (Å²) in [6.07, 6.45) is 0.731. The molecule has 5 nitrogen and oxygen atoms in total. The number of urea groups is 1. The Labute approximate surface area is 156 Å². The zero-order chi connectivity index (χ0) is 18.5. The summed E-state index contributed by atoms with van der Waals surface area (Å²) >= 11 is 5.85. The number of methoxy groups -OCH3 is 1. The molecule has 1 aliphatic rings. The molecule has 0 aliphatic carbocycles. The minimum absolute atomic E-state index is 0.113. The van der Waals surface area contributed by atoms with Crippen molar-refractivity contribution in [2.75, 3.05) is 25.5 Å². The van der Waals surface area contributed by atoms with Crippen LogP contribution in [0.2, 0.25) is 5.02 Å². The number of halogens is 2. The highest BCUT2D eigenvalue weighted by Gasteiger charge is 2.29. The number of benzene rings is 2. The van der Waals surface area contributed by atoms with Crippen LogP contribution in [0, 0.1) is 5.82 Å². The van der Waals surface area contributed by atoms with Crippen LogP contribution in [-0.2, 0) is 0 Å². The van der Waals surface area contributed by atoms with Gasteiger partial charge >= 0.3 is 6.03 Å². The predicted molar refractivity (Wildman–Crippen MR) is 101 cm³/mol. The van der Waals surface area contributed by atoms with Crippen molar-refractivity contribution < 1.29 is 13.9 Å². The van der Waals surface area contributed by atoms with Crippen molar-refractivity contribution in [1.29, 1.82) is 0 Å². The Morgan fingerprint density at radius 1 is 1.27 bits per heavy atom. The molecule has 1 heterocycles. The molecule has 2 aromatic rings. The average Bonchev–Trinajstić information content (AvgIpc) is 2.64. The zero-order valence-electron chi connectivity index (χ0n) is 14.4. The molecule has 0 aromatic heterocycles. The Bertz CT molecular complexity index is 770. The molecule has 3 rings (SSSR count). The summed E-state index contributed by atoms with van der Waals surface area (Å²) in [6.45, 7) is 1.34. The number of rotatable bonds is 4. The third-order valence-corrected chi connectivity index (χ3v) is 4.76. The highest BCUT2D eigenvalue weighted by Crippen LogP contribution is 2.30. The maximum atomic E-state index is 14.5. The van der Waals surface area contributed by atoms with Gasteiger partial charge in [-0.3, -0.25) is 0 Å². The second-order valence-corrected chi connectivity index (χ2v) is 6.64. The molecular formula is C19H21ClFN3O2. The van der Waals surface area contributed by atoms with Crippen molar-refractivity contribution >= 4 is 23.3 Å². The molecule has 1 aliphatic heterocycles. The van der Waals surface area contributed by atoms with Gasteiger partial charge in [-0.25, -0.2) is 9.18 Å². The summed E-state index contributed by atoms with van der Waals surface area (Å²) in [5.41, 5.74) is 1.23. The van der Waals surface area contributed by atoms with E-state index in [0.717, 1.165) is 13.0 Å². The maximum Gasteiger partial charge on any atom is 0.319 e. The van der Waals surface area contributed by atoms with Crippen LogP contribution >= 0.6 is 11.6 Å². The van der Waals surface area contributed by atoms with Crippen LogP contribution in [0.5, 0.6) is 5.75 Å². The predicted octanol–water partition coefficient (Wildman–Crippen LogP) is 3.75. The normalized spacial score (nSPS) is 19.7. The molecule has 0 saturated carbocycles. The van der Waals surface area contributed by atoms with Crippen molar-refractivity contribution in [2.24, 2.45) is 0 Å². The van der Waals surface area contributed by atoms with E-state index in [1.807, 2.05) is 0 Å². The molecule has 1 saturated heterocycles. The fourth-order valence-corrected chi connectivity index (χ4v) is 3.31. The van der Waals surface area contributed by atoms with Crippen molar-refractivity contribution in [1.82, 2.24) is 10.6 Å². The standard InChI is InChI=1S/C19H21ClFN3O2/c1-26-14-6-7-15(17(21)10-14)16-8-9-22-11-18(16)24-19(25)23-13-4-2-12(20)3-5-13/h2-7,10,16,18,22H,8-9,11H2,1H3,(H2,23,24,25)/t16?,18-/m1/s1. The molecular weight excluding hydrogens is 357 g/mol. The van der Waals surface area contributed by atoms with Gasteiger partial charge < -0.3 is 20.7 Å². The minimum Gasteiger partial charge on any atom is -0.497 e. The number of hydrogen-bond acceptors (Lipinski definition) is 3. The second-order valence-electron chi connectivity index (χ2n) is 6.20. The number of amides is 2. The summed E-state index contributed by atoms with van der Waals surface area (Å²) in [4.78, 5) is 12.3. The van der Waals surface area contributed by atoms with E-state index in [0.29, 0.717) is 28.6 Å². The van der Waals surface area contributed by atoms with Gasteiger partial charge in [-0.15, -0.1) is 0 Å². The van der Waals surface area contributed by atoms with E-state index in [1.165, 1.54) is 13.2 Å². The van der Waals surface area contributed by atoms with Crippen LogP contribution in [0.1, 0.15) is 17.9 Å². The molecule has 1 unspecified atom stereocenters. The molecule has 0 spiro atoms. The van der Waals surface area contributed by atoms with E-state index in [-0.39, 0.29) is 23.8 Å². The smallest absolute Gasteiger partial charge is 0.319 e. The number of hydrogen-bond donors (Lipinski definition) is 3. The van der Waals surface area contributed by atoms with Crippen molar-refractivity contribution in [3.63, 3.8) is 0 Å². The third kappa shape index (κ3) is 4.45. The monoisotopic (exact) mass is 377 g/mol. The van der Waals surface area contributed by atoms with Gasteiger partial charge in [-0.1, -0.05) is 17.7 Å². The molecule has 26 heavy (non-hydrogen) atoms. The molecule has 0 bridgehead atoms. The molecule has 0 radical (unpaired) electrons. The van der Waals surface area contributed by atoms with Crippen molar-refractivity contribution in [3.8, 4) is 5.75 Å². The van der Waals surface area contributed by atoms with Crippen LogP contribution in [-0.4, -0.2) is 32.3 Å². The van der Waals surface area contributed by atoms with Crippen LogP contribution in [0.15, 0.2) is 42.5 Å². The van der Waals surface area contributed by atoms with Gasteiger partial charge in [0.2, 0.25) is 0 Å². The maximum absolute atomic E-state index is 14.5. The van der Waals surface area contributed by atoms with E-state index in [9.17, 15) is 9.18 Å². The Balaban J connectivity index is 1.70. The van der Waals surface area contributed by atoms with Gasteiger partial charge in [0.05, 0.1) is 13.2 Å². The lowest BCUT2D eigenvalue weighted by atomic mass is 9.85. The number of ether oxygens (including phenoxy) is 1. The fourth-order valence-electron chi connectivity index (χ4n) is 3.19. The largest absolute Gasteiger partial charge is 0.497 e. The Hall–Kier alpha value is -2.31. The lowest BCUT2D eigenvalue weighted by molar-refractivity contribution is 0.241. The van der Waals surface area contributed by atoms with Crippen molar-refractivity contribution in [3.05, 3.63) is 58.9 Å². The SMILES string of the molecule is COc1ccc(C2CCNC[C@H]2NC(=O)Nc2ccc(Cl)cc2)c(F)c1. The van der Waals surface area contributed by atoms with E-state index >= 15 is 0 Å². The summed E-state index contributed by atoms with van der Waals surface area (Å²) in [6, 6.07) is 11.1. The van der Waals surface area contributed by atoms with Gasteiger partial charge in [-0.05, 0) is 48.9 Å². The van der Waals surface area contributed by atoms with E-state index in [4.69, 9.17) is 16.3 Å². The zero-order valence-corrected chi connectivity index (χ0v) is 15.1. The first-order valence-corrected chi connectivity index (χ1v) is 8.82. The second kappa shape index (κ2) is 8.38. The minimum atomic E-state index is -0.333. The summed E-state index contributed by atoms with van der Waals surface area (Å²) < 4.78 is 19.5. The Morgan fingerprint density at radius 3 is 2.73 bits per heavy atom. The van der Waals surface area contributed by atoms with Gasteiger partial charge in [0.15, 0.2) is 0 Å². The Kier molecular flexibility index (Phi) is 5.96. The first kappa shape index (κ1) is 18.5. The molecule has 1 fully saturated rings. The number of carbonyl (C=O) groups excluding carboxylic acids is 1. The van der Waals surface area contributed by atoms with E-state index < -0.39 is 0 Å². The fraction of sp³-hybridized carbons (Fsp3) is 0.316. The lowest BCUT2D eigenvalue weighted by Gasteiger charge is -2.33. The van der Waals surface area contributed by atoms with Crippen LogP contribution < -0.4 is 20.7 Å². The summed E-state index contributed by atoms with van der Waals surface area (Å²) in [5.74, 6) is 0.0458. The first-order chi connectivity index (χ1) is 12.6. The number of anilines is 1.